The lowest BCUT2D eigenvalue weighted by Gasteiger charge is -2.09. The molecule has 7 heteroatoms. The third-order valence-corrected chi connectivity index (χ3v) is 2.12. The Morgan fingerprint density at radius 2 is 2.35 bits per heavy atom. The molecule has 0 saturated heterocycles. The Balaban J connectivity index is 3.38. The first-order chi connectivity index (χ1) is 8.01. The maximum Gasteiger partial charge on any atom is 0.357 e. The number of pyridine rings is 1. The predicted molar refractivity (Wildman–Crippen MR) is 54.9 cm³/mol. The van der Waals surface area contributed by atoms with Crippen LogP contribution >= 0.6 is 11.6 Å². The Bertz CT molecular complexity index is 486. The number of carbonyl (C=O) groups excluding carboxylic acids is 1. The second-order valence-corrected chi connectivity index (χ2v) is 3.29. The molecule has 0 fully saturated rings. The molecule has 90 valence electrons. The average Bonchev–Trinajstić information content (AvgIpc) is 2.27. The van der Waals surface area contributed by atoms with Crippen molar-refractivity contribution in [3.63, 3.8) is 0 Å². The lowest BCUT2D eigenvalue weighted by molar-refractivity contribution is 0.0507. The number of esters is 1. The van der Waals surface area contributed by atoms with E-state index in [1.807, 2.05) is 0 Å². The highest BCUT2D eigenvalue weighted by Gasteiger charge is 2.25. The highest BCUT2D eigenvalue weighted by atomic mass is 35.5. The van der Waals surface area contributed by atoms with Gasteiger partial charge < -0.3 is 4.74 Å². The molecule has 0 unspecified atom stereocenters. The molecule has 0 atom stereocenters. The molecule has 0 aliphatic heterocycles. The topological polar surface area (TPSA) is 63.0 Å². The molecule has 0 saturated carbocycles. The van der Waals surface area contributed by atoms with E-state index in [1.165, 1.54) is 6.92 Å². The zero-order valence-electron chi connectivity index (χ0n) is 8.71. The summed E-state index contributed by atoms with van der Waals surface area (Å²) in [7, 11) is 0. The SMILES string of the molecule is CCOC(=O)c1nc(C#N)cc(Cl)c1C(F)F. The van der Waals surface area contributed by atoms with Gasteiger partial charge >= 0.3 is 5.97 Å². The molecule has 0 N–H and O–H groups in total. The van der Waals surface area contributed by atoms with Gasteiger partial charge in [0.1, 0.15) is 11.8 Å². The van der Waals surface area contributed by atoms with Crippen molar-refractivity contribution in [2.75, 3.05) is 6.61 Å². The molecular formula is C10H7ClF2N2O2. The van der Waals surface area contributed by atoms with E-state index in [9.17, 15) is 13.6 Å². The number of carbonyl (C=O) groups is 1. The fourth-order valence-electron chi connectivity index (χ4n) is 1.14. The van der Waals surface area contributed by atoms with Gasteiger partial charge in [0.2, 0.25) is 0 Å². The first-order valence-corrected chi connectivity index (χ1v) is 4.94. The fourth-order valence-corrected chi connectivity index (χ4v) is 1.42. The van der Waals surface area contributed by atoms with Crippen molar-refractivity contribution in [3.05, 3.63) is 28.0 Å². The molecule has 0 aromatic carbocycles. The van der Waals surface area contributed by atoms with Crippen LogP contribution in [0.1, 0.15) is 35.1 Å². The van der Waals surface area contributed by atoms with Crippen LogP contribution in [0.4, 0.5) is 8.78 Å². The van der Waals surface area contributed by atoms with E-state index < -0.39 is 23.7 Å². The van der Waals surface area contributed by atoms with E-state index in [0.717, 1.165) is 6.07 Å². The summed E-state index contributed by atoms with van der Waals surface area (Å²) >= 11 is 5.57. The van der Waals surface area contributed by atoms with Crippen LogP contribution in [0.25, 0.3) is 0 Å². The maximum atomic E-state index is 12.7. The average molecular weight is 261 g/mol. The van der Waals surface area contributed by atoms with Gasteiger partial charge in [-0.3, -0.25) is 0 Å². The second kappa shape index (κ2) is 5.55. The van der Waals surface area contributed by atoms with Gasteiger partial charge in [0.15, 0.2) is 5.69 Å². The third-order valence-electron chi connectivity index (χ3n) is 1.81. The summed E-state index contributed by atoms with van der Waals surface area (Å²) < 4.78 is 30.0. The van der Waals surface area contributed by atoms with E-state index in [1.54, 1.807) is 6.07 Å². The summed E-state index contributed by atoms with van der Waals surface area (Å²) in [6, 6.07) is 2.60. The molecule has 4 nitrogen and oxygen atoms in total. The van der Waals surface area contributed by atoms with Crippen molar-refractivity contribution in [2.24, 2.45) is 0 Å². The predicted octanol–water partition coefficient (Wildman–Crippen LogP) is 2.72. The Morgan fingerprint density at radius 3 is 2.82 bits per heavy atom. The van der Waals surface area contributed by atoms with Crippen LogP contribution in [0.15, 0.2) is 6.07 Å². The third kappa shape index (κ3) is 2.88. The van der Waals surface area contributed by atoms with Gasteiger partial charge in [-0.05, 0) is 13.0 Å². The quantitative estimate of drug-likeness (QED) is 0.784. The maximum absolute atomic E-state index is 12.7. The van der Waals surface area contributed by atoms with Crippen molar-refractivity contribution >= 4 is 17.6 Å². The number of alkyl halides is 2. The Kier molecular flexibility index (Phi) is 4.35. The molecule has 0 spiro atoms. The standard InChI is InChI=1S/C10H7ClF2N2O2/c1-2-17-10(16)8-7(9(12)13)6(11)3-5(4-14)15-8/h3,9H,2H2,1H3. The monoisotopic (exact) mass is 260 g/mol. The van der Waals surface area contributed by atoms with E-state index >= 15 is 0 Å². The van der Waals surface area contributed by atoms with Gasteiger partial charge in [-0.1, -0.05) is 11.6 Å². The zero-order valence-corrected chi connectivity index (χ0v) is 9.46. The van der Waals surface area contributed by atoms with Crippen LogP contribution < -0.4 is 0 Å². The Labute approximate surface area is 101 Å². The molecule has 0 radical (unpaired) electrons. The first-order valence-electron chi connectivity index (χ1n) is 4.57. The fraction of sp³-hybridized carbons (Fsp3) is 0.300. The normalized spacial score (nSPS) is 10.1. The summed E-state index contributed by atoms with van der Waals surface area (Å²) in [5.41, 5.74) is -1.56. The minimum Gasteiger partial charge on any atom is -0.461 e. The van der Waals surface area contributed by atoms with Crippen molar-refractivity contribution in [2.45, 2.75) is 13.3 Å². The smallest absolute Gasteiger partial charge is 0.357 e. The van der Waals surface area contributed by atoms with Crippen molar-refractivity contribution < 1.29 is 18.3 Å². The number of aromatic nitrogens is 1. The van der Waals surface area contributed by atoms with Gasteiger partial charge in [-0.25, -0.2) is 18.6 Å². The number of halogens is 3. The van der Waals surface area contributed by atoms with Crippen LogP contribution in [-0.2, 0) is 4.74 Å². The molecule has 1 aromatic heterocycles. The number of ether oxygens (including phenoxy) is 1. The van der Waals surface area contributed by atoms with Crippen LogP contribution in [0.5, 0.6) is 0 Å². The molecule has 0 bridgehead atoms. The van der Waals surface area contributed by atoms with Gasteiger partial charge in [0.25, 0.3) is 6.43 Å². The number of hydrogen-bond donors (Lipinski definition) is 0. The lowest BCUT2D eigenvalue weighted by atomic mass is 10.1. The van der Waals surface area contributed by atoms with Crippen molar-refractivity contribution in [1.82, 2.24) is 4.98 Å². The molecule has 17 heavy (non-hydrogen) atoms. The van der Waals surface area contributed by atoms with Gasteiger partial charge in [0.05, 0.1) is 17.2 Å². The molecular weight excluding hydrogens is 254 g/mol. The number of rotatable bonds is 3. The van der Waals surface area contributed by atoms with Gasteiger partial charge in [-0.2, -0.15) is 5.26 Å². The summed E-state index contributed by atoms with van der Waals surface area (Å²) in [5, 5.41) is 8.24. The lowest BCUT2D eigenvalue weighted by Crippen LogP contribution is -2.12. The van der Waals surface area contributed by atoms with Crippen molar-refractivity contribution in [1.29, 1.82) is 5.26 Å². The molecule has 1 rings (SSSR count). The van der Waals surface area contributed by atoms with Crippen LogP contribution in [0.3, 0.4) is 0 Å². The van der Waals surface area contributed by atoms with Gasteiger partial charge in [-0.15, -0.1) is 0 Å². The molecule has 0 aliphatic rings. The number of nitrogens with zero attached hydrogens (tertiary/aromatic N) is 2. The van der Waals surface area contributed by atoms with E-state index in [-0.39, 0.29) is 17.3 Å². The Morgan fingerprint density at radius 1 is 1.71 bits per heavy atom. The molecule has 0 aliphatic carbocycles. The highest BCUT2D eigenvalue weighted by Crippen LogP contribution is 2.30. The summed E-state index contributed by atoms with van der Waals surface area (Å²) in [4.78, 5) is 14.9. The van der Waals surface area contributed by atoms with Crippen molar-refractivity contribution in [3.8, 4) is 6.07 Å². The minimum absolute atomic E-state index is 0.0115. The summed E-state index contributed by atoms with van der Waals surface area (Å²) in [6.07, 6.45) is -2.97. The zero-order chi connectivity index (χ0) is 13.0. The molecule has 1 heterocycles. The van der Waals surface area contributed by atoms with E-state index in [2.05, 4.69) is 9.72 Å². The number of hydrogen-bond acceptors (Lipinski definition) is 4. The number of nitriles is 1. The largest absolute Gasteiger partial charge is 0.461 e. The highest BCUT2D eigenvalue weighted by molar-refractivity contribution is 6.31. The van der Waals surface area contributed by atoms with Crippen LogP contribution in [-0.4, -0.2) is 17.6 Å². The first kappa shape index (κ1) is 13.3. The van der Waals surface area contributed by atoms with Crippen LogP contribution in [0.2, 0.25) is 5.02 Å². The van der Waals surface area contributed by atoms with E-state index in [0.29, 0.717) is 0 Å². The molecule has 1 aromatic rings. The second-order valence-electron chi connectivity index (χ2n) is 2.88. The molecule has 0 amide bonds. The summed E-state index contributed by atoms with van der Waals surface area (Å²) in [6.45, 7) is 1.54. The Hall–Kier alpha value is -1.74. The van der Waals surface area contributed by atoms with Gasteiger partial charge in [0, 0.05) is 0 Å². The minimum atomic E-state index is -2.97. The van der Waals surface area contributed by atoms with Crippen LogP contribution in [0, 0.1) is 11.3 Å². The van der Waals surface area contributed by atoms with E-state index in [4.69, 9.17) is 16.9 Å². The summed E-state index contributed by atoms with van der Waals surface area (Å²) in [5.74, 6) is -1.03.